The SMILES string of the molecule is CC(=O)NC(C(=O)N1CCOc2ccc(C(O)CCc3ccccc3)cc2C1)C(C)C. The lowest BCUT2D eigenvalue weighted by molar-refractivity contribution is -0.138. The van der Waals surface area contributed by atoms with Crippen LogP contribution in [0.5, 0.6) is 5.75 Å². The number of carbonyl (C=O) groups is 2. The summed E-state index contributed by atoms with van der Waals surface area (Å²) in [5, 5.41) is 13.5. The summed E-state index contributed by atoms with van der Waals surface area (Å²) in [6.45, 7) is 6.48. The van der Waals surface area contributed by atoms with Crippen LogP contribution in [0.15, 0.2) is 48.5 Å². The lowest BCUT2D eigenvalue weighted by Crippen LogP contribution is -2.51. The van der Waals surface area contributed by atoms with E-state index in [-0.39, 0.29) is 17.7 Å². The first-order valence-corrected chi connectivity index (χ1v) is 10.9. The van der Waals surface area contributed by atoms with Crippen LogP contribution >= 0.6 is 0 Å². The molecule has 0 bridgehead atoms. The van der Waals surface area contributed by atoms with Crippen LogP contribution in [0.2, 0.25) is 0 Å². The van der Waals surface area contributed by atoms with E-state index in [1.807, 2.05) is 50.2 Å². The molecule has 0 fully saturated rings. The molecule has 2 aromatic carbocycles. The molecule has 0 aromatic heterocycles. The Morgan fingerprint density at radius 2 is 1.90 bits per heavy atom. The van der Waals surface area contributed by atoms with Gasteiger partial charge in [0.1, 0.15) is 18.4 Å². The second-order valence-corrected chi connectivity index (χ2v) is 8.44. The molecule has 1 aliphatic heterocycles. The molecule has 0 saturated heterocycles. The number of benzene rings is 2. The third kappa shape index (κ3) is 6.07. The first-order valence-electron chi connectivity index (χ1n) is 10.9. The van der Waals surface area contributed by atoms with Gasteiger partial charge in [0.25, 0.3) is 0 Å². The number of hydrogen-bond donors (Lipinski definition) is 2. The molecule has 2 amide bonds. The molecule has 0 spiro atoms. The Hall–Kier alpha value is -2.86. The maximum absolute atomic E-state index is 13.1. The summed E-state index contributed by atoms with van der Waals surface area (Å²) < 4.78 is 5.85. The number of nitrogens with one attached hydrogen (secondary N) is 1. The van der Waals surface area contributed by atoms with Crippen LogP contribution in [0.1, 0.15) is 50.0 Å². The Morgan fingerprint density at radius 1 is 1.16 bits per heavy atom. The van der Waals surface area contributed by atoms with E-state index in [9.17, 15) is 14.7 Å². The van der Waals surface area contributed by atoms with E-state index in [1.54, 1.807) is 4.90 Å². The van der Waals surface area contributed by atoms with Gasteiger partial charge < -0.3 is 20.1 Å². The number of nitrogens with zero attached hydrogens (tertiary/aromatic N) is 1. The maximum Gasteiger partial charge on any atom is 0.245 e. The Labute approximate surface area is 184 Å². The molecule has 2 N–H and O–H groups in total. The quantitative estimate of drug-likeness (QED) is 0.715. The summed E-state index contributed by atoms with van der Waals surface area (Å²) in [6, 6.07) is 15.2. The highest BCUT2D eigenvalue weighted by Gasteiger charge is 2.29. The summed E-state index contributed by atoms with van der Waals surface area (Å²) in [5.41, 5.74) is 2.87. The van der Waals surface area contributed by atoms with E-state index in [4.69, 9.17) is 4.74 Å². The Kier molecular flexibility index (Phi) is 7.69. The second kappa shape index (κ2) is 10.4. The van der Waals surface area contributed by atoms with Gasteiger partial charge in [-0.15, -0.1) is 0 Å². The van der Waals surface area contributed by atoms with Crippen LogP contribution in [0.3, 0.4) is 0 Å². The number of aliphatic hydroxyl groups is 1. The third-order valence-electron chi connectivity index (χ3n) is 5.60. The number of aryl methyl sites for hydroxylation is 1. The minimum absolute atomic E-state index is 0.0221. The Bertz CT molecular complexity index is 898. The van der Waals surface area contributed by atoms with Gasteiger partial charge in [-0.2, -0.15) is 0 Å². The lowest BCUT2D eigenvalue weighted by atomic mass is 9.98. The van der Waals surface area contributed by atoms with Crippen LogP contribution in [-0.4, -0.2) is 41.0 Å². The first-order chi connectivity index (χ1) is 14.8. The van der Waals surface area contributed by atoms with Gasteiger partial charge in [-0.25, -0.2) is 0 Å². The normalized spacial score (nSPS) is 15.5. The zero-order valence-electron chi connectivity index (χ0n) is 18.5. The molecule has 1 heterocycles. The minimum atomic E-state index is -0.597. The van der Waals surface area contributed by atoms with Gasteiger partial charge in [-0.05, 0) is 42.0 Å². The summed E-state index contributed by atoms with van der Waals surface area (Å²) in [7, 11) is 0. The number of hydrogen-bond acceptors (Lipinski definition) is 4. The zero-order chi connectivity index (χ0) is 22.4. The van der Waals surface area contributed by atoms with Crippen LogP contribution in [0.25, 0.3) is 0 Å². The highest BCUT2D eigenvalue weighted by Crippen LogP contribution is 2.29. The fourth-order valence-corrected chi connectivity index (χ4v) is 3.85. The van der Waals surface area contributed by atoms with Crippen molar-refractivity contribution in [2.24, 2.45) is 5.92 Å². The van der Waals surface area contributed by atoms with Crippen molar-refractivity contribution in [1.29, 1.82) is 0 Å². The number of fused-ring (bicyclic) bond motifs is 1. The van der Waals surface area contributed by atoms with Crippen molar-refractivity contribution in [3.05, 3.63) is 65.2 Å². The largest absolute Gasteiger partial charge is 0.491 e. The summed E-state index contributed by atoms with van der Waals surface area (Å²) in [4.78, 5) is 26.4. The molecule has 1 aliphatic rings. The molecule has 3 rings (SSSR count). The topological polar surface area (TPSA) is 78.9 Å². The maximum atomic E-state index is 13.1. The van der Waals surface area contributed by atoms with Gasteiger partial charge in [0, 0.05) is 19.0 Å². The molecule has 6 nitrogen and oxygen atoms in total. The van der Waals surface area contributed by atoms with Crippen LogP contribution < -0.4 is 10.1 Å². The molecule has 31 heavy (non-hydrogen) atoms. The van der Waals surface area contributed by atoms with E-state index in [0.29, 0.717) is 26.1 Å². The number of carbonyl (C=O) groups excluding carboxylic acids is 2. The Balaban J connectivity index is 1.73. The van der Waals surface area contributed by atoms with Crippen molar-refractivity contribution >= 4 is 11.8 Å². The highest BCUT2D eigenvalue weighted by molar-refractivity contribution is 5.87. The van der Waals surface area contributed by atoms with Gasteiger partial charge >= 0.3 is 0 Å². The van der Waals surface area contributed by atoms with Crippen LogP contribution in [-0.2, 0) is 22.6 Å². The highest BCUT2D eigenvalue weighted by atomic mass is 16.5. The van der Waals surface area contributed by atoms with Crippen molar-refractivity contribution in [3.63, 3.8) is 0 Å². The summed E-state index contributed by atoms with van der Waals surface area (Å²) in [5.74, 6) is 0.375. The van der Waals surface area contributed by atoms with Crippen LogP contribution in [0, 0.1) is 5.92 Å². The van der Waals surface area contributed by atoms with Crippen molar-refractivity contribution < 1.29 is 19.4 Å². The molecule has 0 saturated carbocycles. The fourth-order valence-electron chi connectivity index (χ4n) is 3.85. The van der Waals surface area contributed by atoms with Crippen LogP contribution in [0.4, 0.5) is 0 Å². The van der Waals surface area contributed by atoms with Crippen molar-refractivity contribution in [3.8, 4) is 5.75 Å². The average molecular weight is 425 g/mol. The standard InChI is InChI=1S/C25H32N2O4/c1-17(2)24(26-18(3)28)25(30)27-13-14-31-23-12-10-20(15-21(23)16-27)22(29)11-9-19-7-5-4-6-8-19/h4-8,10,12,15,17,22,24,29H,9,11,13-14,16H2,1-3H3,(H,26,28). The van der Waals surface area contributed by atoms with E-state index < -0.39 is 12.1 Å². The molecule has 166 valence electrons. The predicted octanol–water partition coefficient (Wildman–Crippen LogP) is 3.23. The Morgan fingerprint density at radius 3 is 2.58 bits per heavy atom. The molecule has 2 aromatic rings. The molecule has 0 radical (unpaired) electrons. The van der Waals surface area contributed by atoms with E-state index in [0.717, 1.165) is 23.3 Å². The number of rotatable bonds is 7. The minimum Gasteiger partial charge on any atom is -0.491 e. The lowest BCUT2D eigenvalue weighted by Gasteiger charge is -2.28. The van der Waals surface area contributed by atoms with E-state index in [2.05, 4.69) is 17.4 Å². The molecule has 6 heteroatoms. The first kappa shape index (κ1) is 22.8. The summed E-state index contributed by atoms with van der Waals surface area (Å²) >= 11 is 0. The smallest absolute Gasteiger partial charge is 0.245 e. The summed E-state index contributed by atoms with van der Waals surface area (Å²) in [6.07, 6.45) is 0.803. The molecular weight excluding hydrogens is 392 g/mol. The fraction of sp³-hybridized carbons (Fsp3) is 0.440. The van der Waals surface area contributed by atoms with Gasteiger partial charge in [-0.3, -0.25) is 9.59 Å². The molecule has 2 unspecified atom stereocenters. The molecular formula is C25H32N2O4. The monoisotopic (exact) mass is 424 g/mol. The zero-order valence-corrected chi connectivity index (χ0v) is 18.5. The number of aliphatic hydroxyl groups excluding tert-OH is 1. The molecule has 2 atom stereocenters. The van der Waals surface area contributed by atoms with Crippen molar-refractivity contribution in [2.75, 3.05) is 13.2 Å². The van der Waals surface area contributed by atoms with E-state index in [1.165, 1.54) is 12.5 Å². The van der Waals surface area contributed by atoms with E-state index >= 15 is 0 Å². The van der Waals surface area contributed by atoms with Gasteiger partial charge in [0.2, 0.25) is 11.8 Å². The number of ether oxygens (including phenoxy) is 1. The van der Waals surface area contributed by atoms with Crippen molar-refractivity contribution in [2.45, 2.75) is 52.3 Å². The average Bonchev–Trinajstić information content (AvgIpc) is 2.97. The third-order valence-corrected chi connectivity index (χ3v) is 5.60. The number of amides is 2. The van der Waals surface area contributed by atoms with Crippen molar-refractivity contribution in [1.82, 2.24) is 10.2 Å². The molecule has 0 aliphatic carbocycles. The predicted molar refractivity (Wildman–Crippen MR) is 120 cm³/mol. The van der Waals surface area contributed by atoms with Gasteiger partial charge in [-0.1, -0.05) is 50.2 Å². The second-order valence-electron chi connectivity index (χ2n) is 8.44. The van der Waals surface area contributed by atoms with Gasteiger partial charge in [0.05, 0.1) is 12.6 Å². The van der Waals surface area contributed by atoms with Gasteiger partial charge in [0.15, 0.2) is 0 Å².